The highest BCUT2D eigenvalue weighted by atomic mass is 35.5. The number of rotatable bonds is 2. The molecule has 3 rings (SSSR count). The predicted molar refractivity (Wildman–Crippen MR) is 87.9 cm³/mol. The van der Waals surface area contributed by atoms with Crippen LogP contribution in [0.3, 0.4) is 0 Å². The van der Waals surface area contributed by atoms with Gasteiger partial charge in [0, 0.05) is 21.2 Å². The largest absolute Gasteiger partial charge is 0.433 e. The predicted octanol–water partition coefficient (Wildman–Crippen LogP) is 6.14. The number of nitrogens with zero attached hydrogens (tertiary/aromatic N) is 2. The van der Waals surface area contributed by atoms with Crippen LogP contribution < -0.4 is 0 Å². The Kier molecular flexibility index (Phi) is 4.47. The zero-order chi connectivity index (χ0) is 17.3. The molecule has 0 atom stereocenters. The monoisotopic (exact) mass is 368 g/mol. The third-order valence-electron chi connectivity index (χ3n) is 3.21. The zero-order valence-electron chi connectivity index (χ0n) is 12.0. The summed E-state index contributed by atoms with van der Waals surface area (Å²) in [6, 6.07) is 13.8. The smallest absolute Gasteiger partial charge is 0.228 e. The van der Waals surface area contributed by atoms with Crippen LogP contribution in [0.25, 0.3) is 22.6 Å². The maximum Gasteiger partial charge on any atom is 0.433 e. The lowest BCUT2D eigenvalue weighted by molar-refractivity contribution is -0.141. The molecule has 2 aromatic carbocycles. The van der Waals surface area contributed by atoms with Crippen molar-refractivity contribution in [2.24, 2.45) is 0 Å². The molecule has 0 saturated carbocycles. The number of halogens is 5. The van der Waals surface area contributed by atoms with E-state index in [-0.39, 0.29) is 11.5 Å². The first-order chi connectivity index (χ1) is 11.3. The maximum atomic E-state index is 13.2. The number of hydrogen-bond acceptors (Lipinski definition) is 2. The molecule has 7 heteroatoms. The number of aromatic nitrogens is 2. The first-order valence-electron chi connectivity index (χ1n) is 6.81. The number of benzene rings is 2. The van der Waals surface area contributed by atoms with Crippen LogP contribution in [0.15, 0.2) is 54.6 Å². The van der Waals surface area contributed by atoms with E-state index in [2.05, 4.69) is 9.97 Å². The third kappa shape index (κ3) is 3.68. The van der Waals surface area contributed by atoms with Crippen molar-refractivity contribution in [3.05, 3.63) is 70.3 Å². The highest BCUT2D eigenvalue weighted by molar-refractivity contribution is 6.35. The SMILES string of the molecule is FC(F)(F)c1cc(-c2cc(Cl)cc(Cl)c2)nc(-c2ccccc2)n1. The van der Waals surface area contributed by atoms with Crippen LogP contribution >= 0.6 is 23.2 Å². The second-order valence-electron chi connectivity index (χ2n) is 4.98. The van der Waals surface area contributed by atoms with E-state index in [1.165, 1.54) is 18.2 Å². The van der Waals surface area contributed by atoms with Crippen molar-refractivity contribution < 1.29 is 13.2 Å². The third-order valence-corrected chi connectivity index (χ3v) is 3.64. The van der Waals surface area contributed by atoms with Crippen LogP contribution in [-0.4, -0.2) is 9.97 Å². The Morgan fingerprint density at radius 1 is 0.750 bits per heavy atom. The van der Waals surface area contributed by atoms with Crippen molar-refractivity contribution in [1.29, 1.82) is 0 Å². The normalized spacial score (nSPS) is 11.5. The van der Waals surface area contributed by atoms with Crippen LogP contribution in [0.1, 0.15) is 5.69 Å². The minimum atomic E-state index is -4.59. The minimum Gasteiger partial charge on any atom is -0.228 e. The summed E-state index contributed by atoms with van der Waals surface area (Å²) in [7, 11) is 0. The molecule has 0 bridgehead atoms. The van der Waals surface area contributed by atoms with Crippen LogP contribution in [0, 0.1) is 0 Å². The minimum absolute atomic E-state index is 0.0171. The molecule has 0 unspecified atom stereocenters. The van der Waals surface area contributed by atoms with Gasteiger partial charge in [-0.25, -0.2) is 9.97 Å². The Labute approximate surface area is 145 Å². The van der Waals surface area contributed by atoms with Crippen LogP contribution in [0.5, 0.6) is 0 Å². The summed E-state index contributed by atoms with van der Waals surface area (Å²) in [5.41, 5.74) is -0.0569. The van der Waals surface area contributed by atoms with Crippen molar-refractivity contribution in [2.45, 2.75) is 6.18 Å². The van der Waals surface area contributed by atoms with E-state index in [9.17, 15) is 13.2 Å². The number of alkyl halides is 3. The van der Waals surface area contributed by atoms with E-state index in [0.29, 0.717) is 21.2 Å². The van der Waals surface area contributed by atoms with Gasteiger partial charge in [-0.05, 0) is 24.3 Å². The van der Waals surface area contributed by atoms with Gasteiger partial charge in [0.25, 0.3) is 0 Å². The molecule has 0 aliphatic heterocycles. The van der Waals surface area contributed by atoms with Gasteiger partial charge >= 0.3 is 6.18 Å². The summed E-state index contributed by atoms with van der Waals surface area (Å²) in [6.45, 7) is 0. The molecular formula is C17H9Cl2F3N2. The Hall–Kier alpha value is -2.11. The van der Waals surface area contributed by atoms with Gasteiger partial charge < -0.3 is 0 Å². The standard InChI is InChI=1S/C17H9Cl2F3N2/c18-12-6-11(7-13(19)8-12)14-9-15(17(20,21)22)24-16(23-14)10-4-2-1-3-5-10/h1-9H. The molecule has 0 saturated heterocycles. The number of hydrogen-bond donors (Lipinski definition) is 0. The fourth-order valence-corrected chi connectivity index (χ4v) is 2.68. The summed E-state index contributed by atoms with van der Waals surface area (Å²) in [4.78, 5) is 7.88. The van der Waals surface area contributed by atoms with E-state index in [0.717, 1.165) is 6.07 Å². The fourth-order valence-electron chi connectivity index (χ4n) is 2.16. The fraction of sp³-hybridized carbons (Fsp3) is 0.0588. The molecule has 24 heavy (non-hydrogen) atoms. The molecule has 0 fully saturated rings. The van der Waals surface area contributed by atoms with Gasteiger partial charge in [-0.2, -0.15) is 13.2 Å². The quantitative estimate of drug-likeness (QED) is 0.543. The van der Waals surface area contributed by atoms with E-state index >= 15 is 0 Å². The molecular weight excluding hydrogens is 360 g/mol. The molecule has 0 radical (unpaired) electrons. The molecule has 0 aliphatic rings. The van der Waals surface area contributed by atoms with E-state index in [4.69, 9.17) is 23.2 Å². The molecule has 1 heterocycles. The lowest BCUT2D eigenvalue weighted by Gasteiger charge is -2.11. The van der Waals surface area contributed by atoms with Gasteiger partial charge in [-0.3, -0.25) is 0 Å². The van der Waals surface area contributed by atoms with E-state index < -0.39 is 11.9 Å². The summed E-state index contributed by atoms with van der Waals surface area (Å²) >= 11 is 11.9. The second-order valence-corrected chi connectivity index (χ2v) is 5.86. The van der Waals surface area contributed by atoms with Crippen molar-refractivity contribution in [3.8, 4) is 22.6 Å². The van der Waals surface area contributed by atoms with Crippen molar-refractivity contribution >= 4 is 23.2 Å². The Bertz CT molecular complexity index is 860. The highest BCUT2D eigenvalue weighted by Crippen LogP contribution is 2.33. The summed E-state index contributed by atoms with van der Waals surface area (Å²) in [6.07, 6.45) is -4.59. The topological polar surface area (TPSA) is 25.8 Å². The van der Waals surface area contributed by atoms with E-state index in [1.807, 2.05) is 0 Å². The molecule has 0 N–H and O–H groups in total. The van der Waals surface area contributed by atoms with Crippen molar-refractivity contribution in [3.63, 3.8) is 0 Å². The first kappa shape index (κ1) is 16.7. The Morgan fingerprint density at radius 3 is 1.96 bits per heavy atom. The van der Waals surface area contributed by atoms with Gasteiger partial charge in [0.15, 0.2) is 5.82 Å². The van der Waals surface area contributed by atoms with Crippen LogP contribution in [-0.2, 0) is 6.18 Å². The summed E-state index contributed by atoms with van der Waals surface area (Å²) < 4.78 is 39.6. The highest BCUT2D eigenvalue weighted by Gasteiger charge is 2.34. The first-order valence-corrected chi connectivity index (χ1v) is 7.57. The Balaban J connectivity index is 2.22. The lowest BCUT2D eigenvalue weighted by Crippen LogP contribution is -2.10. The van der Waals surface area contributed by atoms with Gasteiger partial charge in [0.1, 0.15) is 5.69 Å². The lowest BCUT2D eigenvalue weighted by atomic mass is 10.1. The molecule has 3 aromatic rings. The van der Waals surface area contributed by atoms with Crippen LogP contribution in [0.4, 0.5) is 13.2 Å². The van der Waals surface area contributed by atoms with Crippen LogP contribution in [0.2, 0.25) is 10.0 Å². The van der Waals surface area contributed by atoms with E-state index in [1.54, 1.807) is 30.3 Å². The molecule has 2 nitrogen and oxygen atoms in total. The van der Waals surface area contributed by atoms with Gasteiger partial charge in [0.05, 0.1) is 5.69 Å². The molecule has 1 aromatic heterocycles. The zero-order valence-corrected chi connectivity index (χ0v) is 13.5. The van der Waals surface area contributed by atoms with Crippen molar-refractivity contribution in [1.82, 2.24) is 9.97 Å². The molecule has 0 aliphatic carbocycles. The summed E-state index contributed by atoms with van der Waals surface area (Å²) in [5.74, 6) is -0.0171. The van der Waals surface area contributed by atoms with Crippen molar-refractivity contribution in [2.75, 3.05) is 0 Å². The van der Waals surface area contributed by atoms with Gasteiger partial charge in [0.2, 0.25) is 0 Å². The maximum absolute atomic E-state index is 13.2. The molecule has 0 amide bonds. The van der Waals surface area contributed by atoms with Gasteiger partial charge in [-0.15, -0.1) is 0 Å². The van der Waals surface area contributed by atoms with Gasteiger partial charge in [-0.1, -0.05) is 53.5 Å². The Morgan fingerprint density at radius 2 is 1.38 bits per heavy atom. The average Bonchev–Trinajstić information content (AvgIpc) is 2.53. The average molecular weight is 369 g/mol. The second kappa shape index (κ2) is 6.42. The molecule has 0 spiro atoms. The molecule has 122 valence electrons. The summed E-state index contributed by atoms with van der Waals surface area (Å²) in [5, 5.41) is 0.622.